The molecule has 0 saturated heterocycles. The first-order valence-electron chi connectivity index (χ1n) is 4.55. The molecule has 0 radical (unpaired) electrons. The smallest absolute Gasteiger partial charge is 0.367 e. The summed E-state index contributed by atoms with van der Waals surface area (Å²) in [5.41, 5.74) is 0.133. The molecule has 0 atom stereocenters. The first kappa shape index (κ1) is 19.5. The van der Waals surface area contributed by atoms with Gasteiger partial charge in [-0.2, -0.15) is 0 Å². The molecular weight excluding hydrogens is 330 g/mol. The zero-order chi connectivity index (χ0) is 14.2. The Hall–Kier alpha value is 0.536. The van der Waals surface area contributed by atoms with E-state index in [9.17, 15) is 14.2 Å². The Bertz CT molecular complexity index is 500. The van der Waals surface area contributed by atoms with Crippen LogP contribution in [0.2, 0.25) is 5.02 Å². The van der Waals surface area contributed by atoms with E-state index in [2.05, 4.69) is 0 Å². The van der Waals surface area contributed by atoms with Gasteiger partial charge in [-0.25, -0.2) is 0 Å². The molecule has 0 bridgehead atoms. The molecule has 0 aliphatic heterocycles. The van der Waals surface area contributed by atoms with E-state index in [0.29, 0.717) is 5.02 Å². The molecule has 102 valence electrons. The third kappa shape index (κ3) is 4.51. The minimum absolute atomic E-state index is 0. The molecule has 1 aromatic carbocycles. The standard InChI is InChI=1S/C8H11ClO7P2.Mg/c9-7-3-1-6(2-4-7)5-8(10,17(11,12)13)18(14,15)16;/h1-4,10H,5H2,(H2,11,12,13)(H2,14,15,16);/q;+2. The second kappa shape index (κ2) is 6.53. The fourth-order valence-corrected chi connectivity index (χ4v) is 3.51. The molecule has 19 heavy (non-hydrogen) atoms. The van der Waals surface area contributed by atoms with Crippen LogP contribution in [0.25, 0.3) is 0 Å². The first-order chi connectivity index (χ1) is 7.97. The molecule has 5 N–H and O–H groups in total. The Morgan fingerprint density at radius 2 is 1.37 bits per heavy atom. The molecule has 1 aromatic rings. The van der Waals surface area contributed by atoms with Gasteiger partial charge < -0.3 is 24.7 Å². The predicted octanol–water partition coefficient (Wildman–Crippen LogP) is 0.503. The number of halogens is 1. The Morgan fingerprint density at radius 1 is 1.00 bits per heavy atom. The van der Waals surface area contributed by atoms with E-state index >= 15 is 0 Å². The molecule has 7 nitrogen and oxygen atoms in total. The predicted molar refractivity (Wildman–Crippen MR) is 69.9 cm³/mol. The Morgan fingerprint density at radius 3 is 1.68 bits per heavy atom. The van der Waals surface area contributed by atoms with Crippen molar-refractivity contribution >= 4 is 49.8 Å². The number of aliphatic hydroxyl groups is 1. The van der Waals surface area contributed by atoms with Gasteiger partial charge in [-0.05, 0) is 17.7 Å². The second-order valence-corrected chi connectivity index (χ2v) is 8.11. The fourth-order valence-electron chi connectivity index (χ4n) is 1.25. The number of benzene rings is 1. The van der Waals surface area contributed by atoms with Gasteiger partial charge in [0.1, 0.15) is 0 Å². The molecule has 11 heteroatoms. The van der Waals surface area contributed by atoms with Crippen LogP contribution in [0.4, 0.5) is 0 Å². The molecule has 1 rings (SSSR count). The van der Waals surface area contributed by atoms with Crippen molar-refractivity contribution in [3.8, 4) is 0 Å². The van der Waals surface area contributed by atoms with Crippen molar-refractivity contribution < 1.29 is 33.8 Å². The summed E-state index contributed by atoms with van der Waals surface area (Å²) >= 11 is 5.59. The molecule has 0 aromatic heterocycles. The van der Waals surface area contributed by atoms with E-state index < -0.39 is 26.7 Å². The monoisotopic (exact) mass is 340 g/mol. The molecule has 0 aliphatic rings. The number of hydrogen-bond acceptors (Lipinski definition) is 3. The van der Waals surface area contributed by atoms with Crippen LogP contribution in [-0.4, -0.2) is 52.8 Å². The van der Waals surface area contributed by atoms with Crippen molar-refractivity contribution in [2.45, 2.75) is 11.5 Å². The summed E-state index contributed by atoms with van der Waals surface area (Å²) in [6.45, 7) is 0. The van der Waals surface area contributed by atoms with Gasteiger partial charge in [0.25, 0.3) is 5.08 Å². The first-order valence-corrected chi connectivity index (χ1v) is 8.16. The maximum Gasteiger partial charge on any atom is 2.00 e. The molecule has 0 amide bonds. The largest absolute Gasteiger partial charge is 2.00 e. The molecule has 0 fully saturated rings. The van der Waals surface area contributed by atoms with E-state index in [1.165, 1.54) is 24.3 Å². The minimum Gasteiger partial charge on any atom is -0.367 e. The third-order valence-corrected chi connectivity index (χ3v) is 6.29. The van der Waals surface area contributed by atoms with E-state index in [4.69, 9.17) is 31.2 Å². The molecule has 0 heterocycles. The van der Waals surface area contributed by atoms with Crippen LogP contribution in [0.3, 0.4) is 0 Å². The summed E-state index contributed by atoms with van der Waals surface area (Å²) in [6.07, 6.45) is -0.890. The maximum absolute atomic E-state index is 11.1. The molecule has 0 aliphatic carbocycles. The van der Waals surface area contributed by atoms with E-state index in [1.54, 1.807) is 0 Å². The average molecular weight is 341 g/mol. The Kier molecular flexibility index (Phi) is 6.72. The normalized spacial score (nSPS) is 12.9. The zero-order valence-electron chi connectivity index (χ0n) is 9.55. The van der Waals surface area contributed by atoms with Crippen LogP contribution in [0.1, 0.15) is 5.56 Å². The van der Waals surface area contributed by atoms with Crippen LogP contribution >= 0.6 is 26.8 Å². The number of rotatable bonds is 4. The fraction of sp³-hybridized carbons (Fsp3) is 0.250. The van der Waals surface area contributed by atoms with Crippen molar-refractivity contribution in [2.75, 3.05) is 0 Å². The molecule has 0 unspecified atom stereocenters. The van der Waals surface area contributed by atoms with Gasteiger partial charge >= 0.3 is 38.2 Å². The zero-order valence-corrected chi connectivity index (χ0v) is 13.5. The van der Waals surface area contributed by atoms with Crippen LogP contribution in [-0.2, 0) is 15.6 Å². The van der Waals surface area contributed by atoms with Gasteiger partial charge in [0, 0.05) is 11.4 Å². The quantitative estimate of drug-likeness (QED) is 0.398. The van der Waals surface area contributed by atoms with E-state index in [-0.39, 0.29) is 28.6 Å². The van der Waals surface area contributed by atoms with Crippen molar-refractivity contribution in [3.63, 3.8) is 0 Å². The van der Waals surface area contributed by atoms with E-state index in [1.807, 2.05) is 0 Å². The van der Waals surface area contributed by atoms with Crippen molar-refractivity contribution in [2.24, 2.45) is 0 Å². The van der Waals surface area contributed by atoms with Gasteiger partial charge in [-0.1, -0.05) is 23.7 Å². The summed E-state index contributed by atoms with van der Waals surface area (Å²) in [5, 5.41) is 6.55. The van der Waals surface area contributed by atoms with Gasteiger partial charge in [0.05, 0.1) is 0 Å². The average Bonchev–Trinajstić information content (AvgIpc) is 2.18. The number of hydrogen-bond donors (Lipinski definition) is 5. The summed E-state index contributed by atoms with van der Waals surface area (Å²) in [6, 6.07) is 5.35. The molecule has 0 spiro atoms. The van der Waals surface area contributed by atoms with E-state index in [0.717, 1.165) is 0 Å². The minimum atomic E-state index is -5.43. The van der Waals surface area contributed by atoms with Gasteiger partial charge in [0.2, 0.25) is 0 Å². The van der Waals surface area contributed by atoms with Crippen LogP contribution in [0.15, 0.2) is 24.3 Å². The van der Waals surface area contributed by atoms with Crippen LogP contribution in [0, 0.1) is 0 Å². The topological polar surface area (TPSA) is 135 Å². The summed E-state index contributed by atoms with van der Waals surface area (Å²) < 4.78 is 22.2. The van der Waals surface area contributed by atoms with Gasteiger partial charge in [-0.3, -0.25) is 9.13 Å². The summed E-state index contributed by atoms with van der Waals surface area (Å²) in [7, 11) is -10.9. The molecular formula is C8H11ClMgO7P2+2. The van der Waals surface area contributed by atoms with Gasteiger partial charge in [0.15, 0.2) is 0 Å². The Balaban J connectivity index is 0.00000324. The molecule has 0 saturated carbocycles. The van der Waals surface area contributed by atoms with Crippen LogP contribution < -0.4 is 0 Å². The second-order valence-electron chi connectivity index (χ2n) is 3.67. The van der Waals surface area contributed by atoms with Crippen LogP contribution in [0.5, 0.6) is 0 Å². The summed E-state index contributed by atoms with van der Waals surface area (Å²) in [4.78, 5) is 35.7. The third-order valence-electron chi connectivity index (χ3n) is 2.29. The summed E-state index contributed by atoms with van der Waals surface area (Å²) in [5.74, 6) is 0. The van der Waals surface area contributed by atoms with Crippen molar-refractivity contribution in [1.29, 1.82) is 0 Å². The maximum atomic E-state index is 11.1. The SMILES string of the molecule is O=P(O)(O)C(O)(Cc1ccc(Cl)cc1)P(=O)(O)O.[Mg+2]. The Labute approximate surface area is 130 Å². The van der Waals surface area contributed by atoms with Crippen molar-refractivity contribution in [3.05, 3.63) is 34.9 Å². The van der Waals surface area contributed by atoms with Gasteiger partial charge in [-0.15, -0.1) is 0 Å². The van der Waals surface area contributed by atoms with Crippen molar-refractivity contribution in [1.82, 2.24) is 0 Å².